The summed E-state index contributed by atoms with van der Waals surface area (Å²) in [5, 5.41) is 0. The van der Waals surface area contributed by atoms with E-state index in [2.05, 4.69) is 37.9 Å². The summed E-state index contributed by atoms with van der Waals surface area (Å²) >= 11 is 0. The van der Waals surface area contributed by atoms with Crippen LogP contribution in [0, 0.1) is 6.92 Å². The van der Waals surface area contributed by atoms with Gasteiger partial charge in [0.2, 0.25) is 0 Å². The van der Waals surface area contributed by atoms with Crippen molar-refractivity contribution in [2.75, 3.05) is 13.1 Å². The molecule has 9 heavy (non-hydrogen) atoms. The van der Waals surface area contributed by atoms with Crippen LogP contribution >= 0.6 is 0 Å². The monoisotopic (exact) mass is 126 g/mol. The lowest BCUT2D eigenvalue weighted by Crippen LogP contribution is -2.14. The van der Waals surface area contributed by atoms with Gasteiger partial charge in [-0.15, -0.1) is 0 Å². The van der Waals surface area contributed by atoms with E-state index < -0.39 is 0 Å². The van der Waals surface area contributed by atoms with Crippen molar-refractivity contribution in [2.45, 2.75) is 20.3 Å². The second-order valence-corrected chi connectivity index (χ2v) is 1.89. The summed E-state index contributed by atoms with van der Waals surface area (Å²) in [6.45, 7) is 10.2. The first-order valence-corrected chi connectivity index (χ1v) is 3.55. The fourth-order valence-corrected chi connectivity index (χ4v) is 0.658. The van der Waals surface area contributed by atoms with Crippen molar-refractivity contribution in [2.24, 2.45) is 0 Å². The number of nitrogens with zero attached hydrogens (tertiary/aromatic N) is 1. The molecule has 1 radical (unpaired) electrons. The maximum absolute atomic E-state index is 3.71. The van der Waals surface area contributed by atoms with E-state index in [1.54, 1.807) is 0 Å². The minimum absolute atomic E-state index is 0.885. The highest BCUT2D eigenvalue weighted by atomic mass is 15.1. The normalized spacial score (nSPS) is 10.6. The maximum Gasteiger partial charge on any atom is 0.0143 e. The van der Waals surface area contributed by atoms with Crippen molar-refractivity contribution in [3.63, 3.8) is 0 Å². The third-order valence-electron chi connectivity index (χ3n) is 1.30. The molecule has 0 aliphatic rings. The molecule has 0 unspecified atom stereocenters. The average Bonchev–Trinajstić information content (AvgIpc) is 1.91. The first kappa shape index (κ1) is 8.54. The summed E-state index contributed by atoms with van der Waals surface area (Å²) in [7, 11) is 0. The van der Waals surface area contributed by atoms with Gasteiger partial charge in [0, 0.05) is 13.1 Å². The standard InChI is InChI=1S/C8H16N/c1-4-7-8-9(5-2)6-3/h7-8H,1,4-6H2,2-3H3. The van der Waals surface area contributed by atoms with E-state index in [4.69, 9.17) is 0 Å². The molecule has 1 nitrogen and oxygen atoms in total. The Hall–Kier alpha value is -0.460. The van der Waals surface area contributed by atoms with Crippen molar-refractivity contribution >= 4 is 0 Å². The van der Waals surface area contributed by atoms with Crippen LogP contribution in [-0.4, -0.2) is 18.0 Å². The van der Waals surface area contributed by atoms with Gasteiger partial charge in [-0.05, 0) is 33.4 Å². The predicted molar refractivity (Wildman–Crippen MR) is 42.0 cm³/mol. The van der Waals surface area contributed by atoms with Gasteiger partial charge in [0.15, 0.2) is 0 Å². The zero-order valence-corrected chi connectivity index (χ0v) is 6.43. The number of hydrogen-bond acceptors (Lipinski definition) is 1. The van der Waals surface area contributed by atoms with Gasteiger partial charge in [-0.25, -0.2) is 0 Å². The predicted octanol–water partition coefficient (Wildman–Crippen LogP) is 2.07. The summed E-state index contributed by atoms with van der Waals surface area (Å²) < 4.78 is 0. The summed E-state index contributed by atoms with van der Waals surface area (Å²) in [4.78, 5) is 2.24. The molecule has 0 atom stereocenters. The zero-order valence-electron chi connectivity index (χ0n) is 6.43. The fourth-order valence-electron chi connectivity index (χ4n) is 0.658. The van der Waals surface area contributed by atoms with Gasteiger partial charge in [0.25, 0.3) is 0 Å². The van der Waals surface area contributed by atoms with E-state index in [0.29, 0.717) is 0 Å². The van der Waals surface area contributed by atoms with Gasteiger partial charge in [0.05, 0.1) is 0 Å². The molecule has 53 valence electrons. The van der Waals surface area contributed by atoms with Gasteiger partial charge in [-0.2, -0.15) is 0 Å². The van der Waals surface area contributed by atoms with Crippen molar-refractivity contribution in [1.82, 2.24) is 4.90 Å². The van der Waals surface area contributed by atoms with E-state index in [0.717, 1.165) is 19.5 Å². The molecule has 1 heteroatoms. The van der Waals surface area contributed by atoms with Crippen molar-refractivity contribution in [3.05, 3.63) is 19.2 Å². The third-order valence-corrected chi connectivity index (χ3v) is 1.30. The summed E-state index contributed by atoms with van der Waals surface area (Å²) in [6, 6.07) is 0. The smallest absolute Gasteiger partial charge is 0.0143 e. The van der Waals surface area contributed by atoms with Gasteiger partial charge in [0.1, 0.15) is 0 Å². The minimum Gasteiger partial charge on any atom is -0.378 e. The van der Waals surface area contributed by atoms with E-state index >= 15 is 0 Å². The Balaban J connectivity index is 3.41. The Labute approximate surface area is 58.4 Å². The van der Waals surface area contributed by atoms with Crippen molar-refractivity contribution < 1.29 is 0 Å². The van der Waals surface area contributed by atoms with E-state index in [1.165, 1.54) is 0 Å². The van der Waals surface area contributed by atoms with Gasteiger partial charge >= 0.3 is 0 Å². The maximum atomic E-state index is 3.71. The molecule has 0 N–H and O–H groups in total. The van der Waals surface area contributed by atoms with Crippen LogP contribution in [-0.2, 0) is 0 Å². The molecular weight excluding hydrogens is 110 g/mol. The highest BCUT2D eigenvalue weighted by Crippen LogP contribution is 1.88. The summed E-state index contributed by atoms with van der Waals surface area (Å²) in [5.74, 6) is 0. The number of allylic oxidation sites excluding steroid dienone is 1. The van der Waals surface area contributed by atoms with Crippen LogP contribution in [0.4, 0.5) is 0 Å². The number of rotatable bonds is 4. The SMILES string of the molecule is [CH2]CC=CN(CC)CC. The molecule has 0 aliphatic heterocycles. The molecule has 0 heterocycles. The van der Waals surface area contributed by atoms with Crippen molar-refractivity contribution in [1.29, 1.82) is 0 Å². The topological polar surface area (TPSA) is 3.24 Å². The van der Waals surface area contributed by atoms with E-state index in [9.17, 15) is 0 Å². The van der Waals surface area contributed by atoms with Crippen LogP contribution < -0.4 is 0 Å². The fraction of sp³-hybridized carbons (Fsp3) is 0.625. The van der Waals surface area contributed by atoms with E-state index in [-0.39, 0.29) is 0 Å². The van der Waals surface area contributed by atoms with Crippen LogP contribution in [0.1, 0.15) is 20.3 Å². The third kappa shape index (κ3) is 4.07. The average molecular weight is 126 g/mol. The molecule has 0 aromatic heterocycles. The van der Waals surface area contributed by atoms with Crippen LogP contribution in [0.25, 0.3) is 0 Å². The Morgan fingerprint density at radius 1 is 1.33 bits per heavy atom. The molecule has 0 saturated heterocycles. The first-order chi connectivity index (χ1) is 4.35. The Kier molecular flexibility index (Phi) is 5.38. The summed E-state index contributed by atoms with van der Waals surface area (Å²) in [6.07, 6.45) is 5.07. The van der Waals surface area contributed by atoms with Crippen LogP contribution in [0.5, 0.6) is 0 Å². The van der Waals surface area contributed by atoms with Gasteiger partial charge < -0.3 is 4.90 Å². The largest absolute Gasteiger partial charge is 0.378 e. The molecule has 0 fully saturated rings. The Morgan fingerprint density at radius 3 is 2.22 bits per heavy atom. The molecule has 0 bridgehead atoms. The second kappa shape index (κ2) is 5.67. The molecule has 0 aliphatic carbocycles. The van der Waals surface area contributed by atoms with Gasteiger partial charge in [-0.3, -0.25) is 0 Å². The first-order valence-electron chi connectivity index (χ1n) is 3.55. The van der Waals surface area contributed by atoms with Crippen molar-refractivity contribution in [3.8, 4) is 0 Å². The molecular formula is C8H16N. The molecule has 0 saturated carbocycles. The lowest BCUT2D eigenvalue weighted by atomic mass is 10.4. The Bertz CT molecular complexity index is 72.6. The summed E-state index contributed by atoms with van der Waals surface area (Å²) in [5.41, 5.74) is 0. The lowest BCUT2D eigenvalue weighted by Gasteiger charge is -2.13. The van der Waals surface area contributed by atoms with Gasteiger partial charge in [-0.1, -0.05) is 6.08 Å². The second-order valence-electron chi connectivity index (χ2n) is 1.89. The molecule has 0 aromatic rings. The van der Waals surface area contributed by atoms with Crippen LogP contribution in [0.3, 0.4) is 0 Å². The quantitative estimate of drug-likeness (QED) is 0.557. The van der Waals surface area contributed by atoms with Crippen LogP contribution in [0.15, 0.2) is 12.3 Å². The highest BCUT2D eigenvalue weighted by Gasteiger charge is 1.85. The lowest BCUT2D eigenvalue weighted by molar-refractivity contribution is 0.418. The zero-order chi connectivity index (χ0) is 7.11. The molecule has 0 rings (SSSR count). The molecule has 0 aromatic carbocycles. The molecule has 0 spiro atoms. The molecule has 0 amide bonds. The highest BCUT2D eigenvalue weighted by molar-refractivity contribution is 4.81. The minimum atomic E-state index is 0.885. The van der Waals surface area contributed by atoms with E-state index in [1.807, 2.05) is 0 Å². The van der Waals surface area contributed by atoms with Crippen LogP contribution in [0.2, 0.25) is 0 Å². The number of hydrogen-bond donors (Lipinski definition) is 0. The Morgan fingerprint density at radius 2 is 1.89 bits per heavy atom.